The summed E-state index contributed by atoms with van der Waals surface area (Å²) in [5.74, 6) is 0. The molecule has 1 aliphatic heterocycles. The van der Waals surface area contributed by atoms with E-state index >= 15 is 0 Å². The van der Waals surface area contributed by atoms with Crippen LogP contribution in [-0.2, 0) is 4.74 Å². The SMILES string of the molecule is CCC(C)NCC(C)N(C)C1CCOC1C. The maximum atomic E-state index is 5.62. The van der Waals surface area contributed by atoms with Gasteiger partial charge in [-0.3, -0.25) is 4.90 Å². The highest BCUT2D eigenvalue weighted by Crippen LogP contribution is 2.19. The maximum Gasteiger partial charge on any atom is 0.0703 e. The van der Waals surface area contributed by atoms with Crippen molar-refractivity contribution in [2.75, 3.05) is 20.2 Å². The van der Waals surface area contributed by atoms with Gasteiger partial charge in [0, 0.05) is 31.3 Å². The van der Waals surface area contributed by atoms with E-state index in [4.69, 9.17) is 4.74 Å². The van der Waals surface area contributed by atoms with E-state index < -0.39 is 0 Å². The molecular formula is C13H28N2O. The highest BCUT2D eigenvalue weighted by molar-refractivity contribution is 4.84. The smallest absolute Gasteiger partial charge is 0.0703 e. The van der Waals surface area contributed by atoms with Gasteiger partial charge in [0.25, 0.3) is 0 Å². The van der Waals surface area contributed by atoms with Crippen molar-refractivity contribution in [3.63, 3.8) is 0 Å². The van der Waals surface area contributed by atoms with Gasteiger partial charge in [-0.15, -0.1) is 0 Å². The van der Waals surface area contributed by atoms with Crippen molar-refractivity contribution in [2.24, 2.45) is 0 Å². The molecule has 96 valence electrons. The summed E-state index contributed by atoms with van der Waals surface area (Å²) in [7, 11) is 2.22. The van der Waals surface area contributed by atoms with Crippen molar-refractivity contribution in [2.45, 2.75) is 64.8 Å². The second kappa shape index (κ2) is 6.58. The van der Waals surface area contributed by atoms with Crippen LogP contribution in [0.2, 0.25) is 0 Å². The fraction of sp³-hybridized carbons (Fsp3) is 1.00. The standard InChI is InChI=1S/C13H28N2O/c1-6-10(2)14-9-11(3)15(5)13-7-8-16-12(13)4/h10-14H,6-9H2,1-5H3. The van der Waals surface area contributed by atoms with Gasteiger partial charge in [-0.2, -0.15) is 0 Å². The van der Waals surface area contributed by atoms with Gasteiger partial charge in [0.05, 0.1) is 6.10 Å². The molecule has 1 heterocycles. The number of likely N-dealkylation sites (N-methyl/N-ethyl adjacent to an activating group) is 1. The molecule has 0 aromatic heterocycles. The molecule has 0 saturated carbocycles. The molecule has 3 heteroatoms. The van der Waals surface area contributed by atoms with Crippen LogP contribution in [0.4, 0.5) is 0 Å². The zero-order chi connectivity index (χ0) is 12.1. The van der Waals surface area contributed by atoms with E-state index in [0.717, 1.165) is 13.2 Å². The molecule has 1 saturated heterocycles. The number of nitrogens with zero attached hydrogens (tertiary/aromatic N) is 1. The van der Waals surface area contributed by atoms with Crippen molar-refractivity contribution >= 4 is 0 Å². The predicted octanol–water partition coefficient (Wildman–Crippen LogP) is 1.87. The first-order valence-electron chi connectivity index (χ1n) is 6.63. The predicted molar refractivity (Wildman–Crippen MR) is 68.8 cm³/mol. The Hall–Kier alpha value is -0.120. The van der Waals surface area contributed by atoms with Gasteiger partial charge in [-0.1, -0.05) is 6.92 Å². The van der Waals surface area contributed by atoms with Gasteiger partial charge < -0.3 is 10.1 Å². The lowest BCUT2D eigenvalue weighted by Gasteiger charge is -2.33. The number of nitrogens with one attached hydrogen (secondary N) is 1. The molecule has 0 aromatic carbocycles. The van der Waals surface area contributed by atoms with Gasteiger partial charge >= 0.3 is 0 Å². The molecule has 16 heavy (non-hydrogen) atoms. The summed E-state index contributed by atoms with van der Waals surface area (Å²) in [5.41, 5.74) is 0. The van der Waals surface area contributed by atoms with Gasteiger partial charge in [0.2, 0.25) is 0 Å². The lowest BCUT2D eigenvalue weighted by molar-refractivity contribution is 0.0699. The van der Waals surface area contributed by atoms with Crippen LogP contribution >= 0.6 is 0 Å². The molecule has 4 atom stereocenters. The van der Waals surface area contributed by atoms with E-state index in [2.05, 4.69) is 45.0 Å². The van der Waals surface area contributed by atoms with E-state index in [9.17, 15) is 0 Å². The van der Waals surface area contributed by atoms with Crippen LogP contribution in [0.25, 0.3) is 0 Å². The summed E-state index contributed by atoms with van der Waals surface area (Å²) in [5, 5.41) is 3.57. The monoisotopic (exact) mass is 228 g/mol. The Morgan fingerprint density at radius 3 is 2.62 bits per heavy atom. The van der Waals surface area contributed by atoms with Crippen molar-refractivity contribution in [1.82, 2.24) is 10.2 Å². The number of ether oxygens (including phenoxy) is 1. The highest BCUT2D eigenvalue weighted by atomic mass is 16.5. The summed E-state index contributed by atoms with van der Waals surface area (Å²) >= 11 is 0. The molecule has 0 amide bonds. The first-order chi connectivity index (χ1) is 7.56. The third-order valence-corrected chi connectivity index (χ3v) is 3.93. The summed E-state index contributed by atoms with van der Waals surface area (Å²) < 4.78 is 5.62. The molecule has 4 unspecified atom stereocenters. The lowest BCUT2D eigenvalue weighted by Crippen LogP contribution is -2.47. The number of hydrogen-bond acceptors (Lipinski definition) is 3. The van der Waals surface area contributed by atoms with Crippen LogP contribution < -0.4 is 5.32 Å². The molecule has 1 fully saturated rings. The largest absolute Gasteiger partial charge is 0.377 e. The van der Waals surface area contributed by atoms with Gasteiger partial charge in [0.1, 0.15) is 0 Å². The Bertz CT molecular complexity index is 198. The Kier molecular flexibility index (Phi) is 5.73. The van der Waals surface area contributed by atoms with Crippen LogP contribution in [-0.4, -0.2) is 49.3 Å². The first-order valence-corrected chi connectivity index (χ1v) is 6.63. The van der Waals surface area contributed by atoms with E-state index in [0.29, 0.717) is 24.2 Å². The Morgan fingerprint density at radius 2 is 2.12 bits per heavy atom. The molecule has 0 aromatic rings. The Morgan fingerprint density at radius 1 is 1.44 bits per heavy atom. The molecule has 0 spiro atoms. The van der Waals surface area contributed by atoms with Crippen LogP contribution in [0, 0.1) is 0 Å². The molecule has 1 N–H and O–H groups in total. The Balaban J connectivity index is 2.32. The van der Waals surface area contributed by atoms with Crippen LogP contribution in [0.5, 0.6) is 0 Å². The molecule has 0 bridgehead atoms. The summed E-state index contributed by atoms with van der Waals surface area (Å²) in [4.78, 5) is 2.47. The summed E-state index contributed by atoms with van der Waals surface area (Å²) in [6, 6.07) is 1.78. The van der Waals surface area contributed by atoms with Crippen LogP contribution in [0.3, 0.4) is 0 Å². The van der Waals surface area contributed by atoms with Crippen molar-refractivity contribution < 1.29 is 4.74 Å². The third-order valence-electron chi connectivity index (χ3n) is 3.93. The minimum Gasteiger partial charge on any atom is -0.377 e. The second-order valence-electron chi connectivity index (χ2n) is 5.16. The zero-order valence-corrected chi connectivity index (χ0v) is 11.5. The first kappa shape index (κ1) is 13.9. The maximum absolute atomic E-state index is 5.62. The Labute approximate surface area is 101 Å². The quantitative estimate of drug-likeness (QED) is 0.751. The molecule has 3 nitrogen and oxygen atoms in total. The van der Waals surface area contributed by atoms with Gasteiger partial charge in [-0.25, -0.2) is 0 Å². The number of hydrogen-bond donors (Lipinski definition) is 1. The normalized spacial score (nSPS) is 29.6. The molecule has 1 rings (SSSR count). The third kappa shape index (κ3) is 3.72. The minimum absolute atomic E-state index is 0.385. The van der Waals surface area contributed by atoms with Crippen molar-refractivity contribution in [3.05, 3.63) is 0 Å². The van der Waals surface area contributed by atoms with Gasteiger partial charge in [0.15, 0.2) is 0 Å². The van der Waals surface area contributed by atoms with Gasteiger partial charge in [-0.05, 0) is 40.7 Å². The molecular weight excluding hydrogens is 200 g/mol. The van der Waals surface area contributed by atoms with Crippen LogP contribution in [0.1, 0.15) is 40.5 Å². The molecule has 1 aliphatic rings. The molecule has 0 radical (unpaired) electrons. The second-order valence-corrected chi connectivity index (χ2v) is 5.16. The topological polar surface area (TPSA) is 24.5 Å². The fourth-order valence-electron chi connectivity index (χ4n) is 2.24. The van der Waals surface area contributed by atoms with E-state index in [1.165, 1.54) is 12.8 Å². The van der Waals surface area contributed by atoms with E-state index in [-0.39, 0.29) is 0 Å². The van der Waals surface area contributed by atoms with Crippen molar-refractivity contribution in [1.29, 1.82) is 0 Å². The fourth-order valence-corrected chi connectivity index (χ4v) is 2.24. The average molecular weight is 228 g/mol. The summed E-state index contributed by atoms with van der Waals surface area (Å²) in [6.45, 7) is 10.9. The summed E-state index contributed by atoms with van der Waals surface area (Å²) in [6.07, 6.45) is 2.75. The van der Waals surface area contributed by atoms with E-state index in [1.807, 2.05) is 0 Å². The van der Waals surface area contributed by atoms with E-state index in [1.54, 1.807) is 0 Å². The number of rotatable bonds is 6. The van der Waals surface area contributed by atoms with Crippen molar-refractivity contribution in [3.8, 4) is 0 Å². The van der Waals surface area contributed by atoms with Crippen LogP contribution in [0.15, 0.2) is 0 Å². The lowest BCUT2D eigenvalue weighted by atomic mass is 10.1. The minimum atomic E-state index is 0.385. The molecule has 0 aliphatic carbocycles. The average Bonchev–Trinajstić information content (AvgIpc) is 2.70. The zero-order valence-electron chi connectivity index (χ0n) is 11.5. The highest BCUT2D eigenvalue weighted by Gasteiger charge is 2.29.